The van der Waals surface area contributed by atoms with Crippen molar-refractivity contribution in [3.63, 3.8) is 0 Å². The number of carbonyl (C=O) groups is 2. The molecule has 3 rings (SSSR count). The van der Waals surface area contributed by atoms with Crippen LogP contribution in [-0.2, 0) is 30.8 Å². The van der Waals surface area contributed by atoms with Crippen LogP contribution in [0.2, 0.25) is 0 Å². The first-order valence-electron chi connectivity index (χ1n) is 11.4. The molecule has 2 aliphatic rings. The Labute approximate surface area is 185 Å². The molecule has 0 bridgehead atoms. The zero-order valence-electron chi connectivity index (χ0n) is 18.4. The van der Waals surface area contributed by atoms with E-state index in [2.05, 4.69) is 0 Å². The number of rotatable bonds is 8. The highest BCUT2D eigenvalue weighted by Crippen LogP contribution is 2.25. The number of piperidine rings is 2. The fourth-order valence-electron chi connectivity index (χ4n) is 4.48. The van der Waals surface area contributed by atoms with E-state index in [4.69, 9.17) is 4.74 Å². The summed E-state index contributed by atoms with van der Waals surface area (Å²) < 4.78 is 32.3. The number of benzene rings is 1. The maximum atomic E-state index is 13.0. The van der Waals surface area contributed by atoms with E-state index in [1.165, 1.54) is 4.31 Å². The molecule has 2 fully saturated rings. The molecule has 2 heterocycles. The van der Waals surface area contributed by atoms with Gasteiger partial charge in [0.1, 0.15) is 0 Å². The number of hydrogen-bond acceptors (Lipinski definition) is 5. The van der Waals surface area contributed by atoms with Crippen LogP contribution in [0.25, 0.3) is 0 Å². The van der Waals surface area contributed by atoms with E-state index in [0.717, 1.165) is 12.0 Å². The lowest BCUT2D eigenvalue weighted by atomic mass is 9.93. The topological polar surface area (TPSA) is 84.0 Å². The number of nitrogens with zero attached hydrogens (tertiary/aromatic N) is 2. The molecule has 2 saturated heterocycles. The first kappa shape index (κ1) is 23.7. The highest BCUT2D eigenvalue weighted by Gasteiger charge is 2.36. The quantitative estimate of drug-likeness (QED) is 0.568. The zero-order chi connectivity index (χ0) is 22.3. The standard InChI is InChI=1S/C23H34N2O5S/c1-2-30-23(27)20-12-15-24(16-13-20)22(26)21-11-6-14-25(18-21)31(28,29)17-7-10-19-8-4-3-5-9-19/h3-5,8-9,20-21H,2,6-7,10-18H2,1H3/t21-/m0/s1. The van der Waals surface area contributed by atoms with Gasteiger partial charge in [-0.05, 0) is 51.0 Å². The third kappa shape index (κ3) is 6.53. The smallest absolute Gasteiger partial charge is 0.309 e. The predicted molar refractivity (Wildman–Crippen MR) is 119 cm³/mol. The van der Waals surface area contributed by atoms with Gasteiger partial charge in [-0.25, -0.2) is 12.7 Å². The zero-order valence-corrected chi connectivity index (χ0v) is 19.2. The van der Waals surface area contributed by atoms with Crippen molar-refractivity contribution >= 4 is 21.9 Å². The Morgan fingerprint density at radius 2 is 1.74 bits per heavy atom. The monoisotopic (exact) mass is 450 g/mol. The lowest BCUT2D eigenvalue weighted by molar-refractivity contribution is -0.152. The number of sulfonamides is 1. The number of carbonyl (C=O) groups excluding carboxylic acids is 2. The summed E-state index contributed by atoms with van der Waals surface area (Å²) in [6.07, 6.45) is 3.94. The number of likely N-dealkylation sites (tertiary alicyclic amines) is 1. The van der Waals surface area contributed by atoms with Crippen molar-refractivity contribution < 1.29 is 22.7 Å². The van der Waals surface area contributed by atoms with Crippen molar-refractivity contribution in [2.24, 2.45) is 11.8 Å². The van der Waals surface area contributed by atoms with E-state index < -0.39 is 10.0 Å². The van der Waals surface area contributed by atoms with Crippen LogP contribution in [0.15, 0.2) is 30.3 Å². The third-order valence-electron chi connectivity index (χ3n) is 6.26. The molecule has 2 aliphatic heterocycles. The van der Waals surface area contributed by atoms with Crippen molar-refractivity contribution in [3.05, 3.63) is 35.9 Å². The van der Waals surface area contributed by atoms with E-state index >= 15 is 0 Å². The van der Waals surface area contributed by atoms with Crippen molar-refractivity contribution in [1.82, 2.24) is 9.21 Å². The summed E-state index contributed by atoms with van der Waals surface area (Å²) >= 11 is 0. The highest BCUT2D eigenvalue weighted by atomic mass is 32.2. The van der Waals surface area contributed by atoms with Gasteiger partial charge in [0.05, 0.1) is 24.2 Å². The first-order valence-corrected chi connectivity index (χ1v) is 13.0. The van der Waals surface area contributed by atoms with E-state index in [9.17, 15) is 18.0 Å². The Morgan fingerprint density at radius 1 is 1.03 bits per heavy atom. The molecule has 0 aromatic heterocycles. The van der Waals surface area contributed by atoms with E-state index in [1.807, 2.05) is 30.3 Å². The minimum atomic E-state index is -3.38. The summed E-state index contributed by atoms with van der Waals surface area (Å²) in [5.41, 5.74) is 1.13. The van der Waals surface area contributed by atoms with Crippen molar-refractivity contribution in [1.29, 1.82) is 0 Å². The molecule has 0 radical (unpaired) electrons. The van der Waals surface area contributed by atoms with Gasteiger partial charge in [0.25, 0.3) is 0 Å². The Bertz CT molecular complexity index is 835. The number of esters is 1. The minimum Gasteiger partial charge on any atom is -0.466 e. The number of ether oxygens (including phenoxy) is 1. The summed E-state index contributed by atoms with van der Waals surface area (Å²) in [6.45, 7) is 3.98. The van der Waals surface area contributed by atoms with Crippen LogP contribution < -0.4 is 0 Å². The average molecular weight is 451 g/mol. The Hall–Kier alpha value is -1.93. The molecule has 0 unspecified atom stereocenters. The highest BCUT2D eigenvalue weighted by molar-refractivity contribution is 7.89. The molecule has 31 heavy (non-hydrogen) atoms. The Morgan fingerprint density at radius 3 is 2.42 bits per heavy atom. The molecule has 0 spiro atoms. The second-order valence-electron chi connectivity index (χ2n) is 8.45. The fraction of sp³-hybridized carbons (Fsp3) is 0.652. The van der Waals surface area contributed by atoms with Gasteiger partial charge in [-0.1, -0.05) is 30.3 Å². The molecular weight excluding hydrogens is 416 g/mol. The molecule has 1 aromatic carbocycles. The van der Waals surface area contributed by atoms with Crippen LogP contribution in [0.4, 0.5) is 0 Å². The lowest BCUT2D eigenvalue weighted by Gasteiger charge is -2.37. The normalized spacial score (nSPS) is 21.1. The van der Waals surface area contributed by atoms with Crippen molar-refractivity contribution in [3.8, 4) is 0 Å². The average Bonchev–Trinajstić information content (AvgIpc) is 2.79. The van der Waals surface area contributed by atoms with Crippen LogP contribution in [0, 0.1) is 11.8 Å². The summed E-state index contributed by atoms with van der Waals surface area (Å²) in [6, 6.07) is 9.88. The molecule has 1 amide bonds. The molecule has 8 heteroatoms. The summed E-state index contributed by atoms with van der Waals surface area (Å²) in [4.78, 5) is 26.7. The van der Waals surface area contributed by atoms with E-state index in [1.54, 1.807) is 11.8 Å². The number of amides is 1. The van der Waals surface area contributed by atoms with Crippen molar-refractivity contribution in [2.45, 2.75) is 45.4 Å². The van der Waals surface area contributed by atoms with Crippen LogP contribution in [0.3, 0.4) is 0 Å². The second kappa shape index (κ2) is 11.1. The molecular formula is C23H34N2O5S. The molecule has 0 aliphatic carbocycles. The Balaban J connectivity index is 1.49. The van der Waals surface area contributed by atoms with E-state index in [-0.39, 0.29) is 36.0 Å². The molecule has 1 aromatic rings. The number of aryl methyl sites for hydroxylation is 1. The van der Waals surface area contributed by atoms with Crippen LogP contribution >= 0.6 is 0 Å². The first-order chi connectivity index (χ1) is 14.9. The second-order valence-corrected chi connectivity index (χ2v) is 10.5. The van der Waals surface area contributed by atoms with Gasteiger partial charge in [0.15, 0.2) is 0 Å². The van der Waals surface area contributed by atoms with Crippen molar-refractivity contribution in [2.75, 3.05) is 38.5 Å². The minimum absolute atomic E-state index is 0.0199. The summed E-state index contributed by atoms with van der Waals surface area (Å²) in [5.74, 6) is -0.492. The largest absolute Gasteiger partial charge is 0.466 e. The van der Waals surface area contributed by atoms with Gasteiger partial charge in [-0.15, -0.1) is 0 Å². The SMILES string of the molecule is CCOC(=O)C1CCN(C(=O)[C@H]2CCCN(S(=O)(=O)CCCc3ccccc3)C2)CC1. The molecule has 0 saturated carbocycles. The van der Waals surface area contributed by atoms with Crippen LogP contribution in [-0.4, -0.2) is 68.0 Å². The maximum absolute atomic E-state index is 13.0. The summed E-state index contributed by atoms with van der Waals surface area (Å²) in [7, 11) is -3.38. The Kier molecular flexibility index (Phi) is 8.49. The van der Waals surface area contributed by atoms with Gasteiger partial charge in [0, 0.05) is 26.2 Å². The number of hydrogen-bond donors (Lipinski definition) is 0. The van der Waals surface area contributed by atoms with Gasteiger partial charge < -0.3 is 9.64 Å². The van der Waals surface area contributed by atoms with E-state index in [0.29, 0.717) is 58.3 Å². The van der Waals surface area contributed by atoms with Crippen LogP contribution in [0.5, 0.6) is 0 Å². The molecule has 7 nitrogen and oxygen atoms in total. The predicted octanol–water partition coefficient (Wildman–Crippen LogP) is 2.46. The third-order valence-corrected chi connectivity index (χ3v) is 8.19. The van der Waals surface area contributed by atoms with Gasteiger partial charge in [-0.3, -0.25) is 9.59 Å². The van der Waals surface area contributed by atoms with Crippen LogP contribution in [0.1, 0.15) is 44.6 Å². The van der Waals surface area contributed by atoms with Gasteiger partial charge in [-0.2, -0.15) is 0 Å². The molecule has 0 N–H and O–H groups in total. The molecule has 1 atom stereocenters. The van der Waals surface area contributed by atoms with Gasteiger partial charge in [0.2, 0.25) is 15.9 Å². The fourth-order valence-corrected chi connectivity index (χ4v) is 6.06. The summed E-state index contributed by atoms with van der Waals surface area (Å²) in [5, 5.41) is 0. The molecule has 172 valence electrons. The maximum Gasteiger partial charge on any atom is 0.309 e. The lowest BCUT2D eigenvalue weighted by Crippen LogP contribution is -2.49. The van der Waals surface area contributed by atoms with Gasteiger partial charge >= 0.3 is 5.97 Å².